The van der Waals surface area contributed by atoms with E-state index < -0.39 is 10.9 Å². The lowest BCUT2D eigenvalue weighted by Crippen LogP contribution is -2.29. The maximum atomic E-state index is 12.3. The average molecular weight is 372 g/mol. The molecule has 2 rings (SSSR count). The van der Waals surface area contributed by atoms with E-state index in [4.69, 9.17) is 4.74 Å². The minimum absolute atomic E-state index is 0.00105. The molecule has 0 saturated heterocycles. The molecule has 0 radical (unpaired) electrons. The van der Waals surface area contributed by atoms with Crippen LogP contribution in [0.25, 0.3) is 0 Å². The van der Waals surface area contributed by atoms with Gasteiger partial charge in [0.1, 0.15) is 5.75 Å². The fraction of sp³-hybridized carbons (Fsp3) is 0.263. The average Bonchev–Trinajstić information content (AvgIpc) is 2.64. The van der Waals surface area contributed by atoms with Crippen LogP contribution in [0.4, 0.5) is 5.69 Å². The van der Waals surface area contributed by atoms with Gasteiger partial charge in [-0.15, -0.1) is 0 Å². The van der Waals surface area contributed by atoms with Crippen LogP contribution >= 0.6 is 0 Å². The minimum atomic E-state index is -1.14. The molecule has 27 heavy (non-hydrogen) atoms. The van der Waals surface area contributed by atoms with Crippen LogP contribution in [0.3, 0.4) is 0 Å². The summed E-state index contributed by atoms with van der Waals surface area (Å²) in [4.78, 5) is 35.4. The van der Waals surface area contributed by atoms with E-state index in [9.17, 15) is 24.8 Å². The van der Waals surface area contributed by atoms with E-state index in [-0.39, 0.29) is 31.0 Å². The van der Waals surface area contributed by atoms with E-state index >= 15 is 0 Å². The molecule has 2 aromatic rings. The second-order valence-electron chi connectivity index (χ2n) is 5.87. The van der Waals surface area contributed by atoms with Crippen molar-refractivity contribution in [3.63, 3.8) is 0 Å². The number of para-hydroxylation sites is 1. The van der Waals surface area contributed by atoms with Crippen LogP contribution in [0, 0.1) is 10.1 Å². The molecule has 0 heterocycles. The summed E-state index contributed by atoms with van der Waals surface area (Å²) in [6.07, 6.45) is 0.0813. The third kappa shape index (κ3) is 5.04. The fourth-order valence-electron chi connectivity index (χ4n) is 2.74. The number of methoxy groups -OCH3 is 1. The molecule has 2 aromatic carbocycles. The Bertz CT molecular complexity index is 865. The van der Waals surface area contributed by atoms with Crippen LogP contribution in [-0.4, -0.2) is 35.6 Å². The topological polar surface area (TPSA) is 110 Å². The summed E-state index contributed by atoms with van der Waals surface area (Å²) in [5.41, 5.74) is 1.61. The highest BCUT2D eigenvalue weighted by atomic mass is 16.6. The third-order valence-electron chi connectivity index (χ3n) is 4.09. The number of carboxylic acids is 1. The summed E-state index contributed by atoms with van der Waals surface area (Å²) in [6.45, 7) is 1.19. The molecule has 0 aliphatic rings. The first-order chi connectivity index (χ1) is 12.8. The standard InChI is InChI=1S/C19H20N2O6/c1-13(22)20(12-16-5-3-4-6-18(16)27-2)17-11-15(19(23)24)8-7-14(17)9-10-21(25)26/h3-8,11H,9-10,12H2,1-2H3,(H,23,24). The highest BCUT2D eigenvalue weighted by molar-refractivity contribution is 5.95. The van der Waals surface area contributed by atoms with Crippen LogP contribution in [-0.2, 0) is 17.8 Å². The largest absolute Gasteiger partial charge is 0.496 e. The van der Waals surface area contributed by atoms with Gasteiger partial charge in [-0.25, -0.2) is 4.79 Å². The highest BCUT2D eigenvalue weighted by Crippen LogP contribution is 2.28. The van der Waals surface area contributed by atoms with Gasteiger partial charge in [-0.1, -0.05) is 24.3 Å². The van der Waals surface area contributed by atoms with E-state index in [1.807, 2.05) is 0 Å². The first-order valence-corrected chi connectivity index (χ1v) is 8.21. The van der Waals surface area contributed by atoms with Crippen molar-refractivity contribution < 1.29 is 24.4 Å². The van der Waals surface area contributed by atoms with Gasteiger partial charge in [0.15, 0.2) is 0 Å². The van der Waals surface area contributed by atoms with E-state index in [0.29, 0.717) is 17.0 Å². The lowest BCUT2D eigenvalue weighted by atomic mass is 10.0. The number of benzene rings is 2. The van der Waals surface area contributed by atoms with Crippen LogP contribution in [0.5, 0.6) is 5.75 Å². The number of rotatable bonds is 8. The van der Waals surface area contributed by atoms with Gasteiger partial charge in [-0.3, -0.25) is 14.9 Å². The Morgan fingerprint density at radius 1 is 1.19 bits per heavy atom. The van der Waals surface area contributed by atoms with E-state index in [1.54, 1.807) is 24.3 Å². The molecule has 0 aliphatic heterocycles. The summed E-state index contributed by atoms with van der Waals surface area (Å²) in [7, 11) is 1.52. The first-order valence-electron chi connectivity index (χ1n) is 8.21. The van der Waals surface area contributed by atoms with Gasteiger partial charge in [0, 0.05) is 29.5 Å². The van der Waals surface area contributed by atoms with Crippen molar-refractivity contribution in [1.29, 1.82) is 0 Å². The predicted octanol–water partition coefficient (Wildman–Crippen LogP) is 2.77. The molecule has 1 N–H and O–H groups in total. The number of nitro groups is 1. The Morgan fingerprint density at radius 2 is 1.89 bits per heavy atom. The summed E-state index contributed by atoms with van der Waals surface area (Å²) in [5.74, 6) is -0.867. The molecular formula is C19H20N2O6. The smallest absolute Gasteiger partial charge is 0.335 e. The van der Waals surface area contributed by atoms with Gasteiger partial charge in [0.05, 0.1) is 19.2 Å². The Balaban J connectivity index is 2.50. The summed E-state index contributed by atoms with van der Waals surface area (Å²) >= 11 is 0. The van der Waals surface area contributed by atoms with Crippen LogP contribution in [0.1, 0.15) is 28.4 Å². The number of anilines is 1. The summed E-state index contributed by atoms with van der Waals surface area (Å²) < 4.78 is 5.31. The molecule has 0 unspecified atom stereocenters. The lowest BCUT2D eigenvalue weighted by Gasteiger charge is -2.25. The summed E-state index contributed by atoms with van der Waals surface area (Å²) in [6, 6.07) is 11.4. The van der Waals surface area contributed by atoms with Crippen molar-refractivity contribution in [2.24, 2.45) is 0 Å². The zero-order valence-electron chi connectivity index (χ0n) is 15.0. The van der Waals surface area contributed by atoms with Crippen molar-refractivity contribution in [3.05, 3.63) is 69.3 Å². The normalized spacial score (nSPS) is 10.3. The Labute approximate surface area is 156 Å². The number of hydrogen-bond acceptors (Lipinski definition) is 5. The molecule has 1 amide bonds. The molecule has 8 nitrogen and oxygen atoms in total. The summed E-state index contributed by atoms with van der Waals surface area (Å²) in [5, 5.41) is 20.0. The van der Waals surface area contributed by atoms with Crippen LogP contribution in [0.15, 0.2) is 42.5 Å². The van der Waals surface area contributed by atoms with Crippen molar-refractivity contribution in [2.75, 3.05) is 18.6 Å². The number of aromatic carboxylic acids is 1. The monoisotopic (exact) mass is 372 g/mol. The van der Waals surface area contributed by atoms with Gasteiger partial charge in [0.25, 0.3) is 0 Å². The zero-order chi connectivity index (χ0) is 20.0. The molecule has 0 bridgehead atoms. The van der Waals surface area contributed by atoms with Crippen molar-refractivity contribution in [1.82, 2.24) is 0 Å². The second-order valence-corrected chi connectivity index (χ2v) is 5.87. The third-order valence-corrected chi connectivity index (χ3v) is 4.09. The molecule has 0 aromatic heterocycles. The van der Waals surface area contributed by atoms with Crippen LogP contribution < -0.4 is 9.64 Å². The number of carboxylic acid groups (broad SMARTS) is 1. The maximum absolute atomic E-state index is 12.3. The van der Waals surface area contributed by atoms with Gasteiger partial charge in [0.2, 0.25) is 12.5 Å². The number of amides is 1. The first kappa shape index (κ1) is 19.9. The Kier molecular flexibility index (Phi) is 6.48. The maximum Gasteiger partial charge on any atom is 0.335 e. The SMILES string of the molecule is COc1ccccc1CN(C(C)=O)c1cc(C(=O)O)ccc1CC[N+](=O)[O-]. The van der Waals surface area contributed by atoms with Crippen LogP contribution in [0.2, 0.25) is 0 Å². The molecule has 0 aliphatic carbocycles. The van der Waals surface area contributed by atoms with E-state index in [1.165, 1.54) is 37.1 Å². The van der Waals surface area contributed by atoms with Gasteiger partial charge >= 0.3 is 5.97 Å². The molecule has 8 heteroatoms. The molecule has 0 atom stereocenters. The van der Waals surface area contributed by atoms with Gasteiger partial charge in [-0.2, -0.15) is 0 Å². The molecule has 0 fully saturated rings. The number of carbonyl (C=O) groups is 2. The van der Waals surface area contributed by atoms with E-state index in [0.717, 1.165) is 5.56 Å². The molecule has 0 saturated carbocycles. The molecule has 142 valence electrons. The number of carbonyl (C=O) groups excluding carboxylic acids is 1. The van der Waals surface area contributed by atoms with E-state index in [2.05, 4.69) is 0 Å². The number of nitrogens with zero attached hydrogens (tertiary/aromatic N) is 2. The second kappa shape index (κ2) is 8.79. The van der Waals surface area contributed by atoms with Crippen molar-refractivity contribution >= 4 is 17.6 Å². The van der Waals surface area contributed by atoms with Gasteiger partial charge in [-0.05, 0) is 23.8 Å². The molecular weight excluding hydrogens is 352 g/mol. The lowest BCUT2D eigenvalue weighted by molar-refractivity contribution is -0.479. The van der Waals surface area contributed by atoms with Crippen molar-refractivity contribution in [3.8, 4) is 5.75 Å². The van der Waals surface area contributed by atoms with Gasteiger partial charge < -0.3 is 14.7 Å². The minimum Gasteiger partial charge on any atom is -0.496 e. The zero-order valence-corrected chi connectivity index (χ0v) is 15.0. The Morgan fingerprint density at radius 3 is 2.48 bits per heavy atom. The molecule has 0 spiro atoms. The fourth-order valence-corrected chi connectivity index (χ4v) is 2.74. The highest BCUT2D eigenvalue weighted by Gasteiger charge is 2.20. The predicted molar refractivity (Wildman–Crippen MR) is 98.8 cm³/mol. The van der Waals surface area contributed by atoms with Crippen molar-refractivity contribution in [2.45, 2.75) is 19.9 Å². The number of hydrogen-bond donors (Lipinski definition) is 1. The number of ether oxygens (including phenoxy) is 1. The quantitative estimate of drug-likeness (QED) is 0.563. The Hall–Kier alpha value is -3.42.